The third-order valence-corrected chi connectivity index (χ3v) is 5.84. The molecule has 2 aliphatic rings. The molecule has 0 atom stereocenters. The normalized spacial score (nSPS) is 15.9. The number of hydrogen-bond donors (Lipinski definition) is 2. The van der Waals surface area contributed by atoms with Crippen molar-refractivity contribution in [2.75, 3.05) is 0 Å². The van der Waals surface area contributed by atoms with Crippen LogP contribution in [0.3, 0.4) is 0 Å². The Morgan fingerprint density at radius 2 is 1.00 bits per heavy atom. The van der Waals surface area contributed by atoms with Crippen LogP contribution in [-0.2, 0) is 20.2 Å². The standard InChI is InChI=1S/C16H8N2O8S2/c19-15-9-5-7(27(21,22)23)1-3-11(9)17-13(15)14-16(20)10-6-8(28(24,25)26)2-4-12(10)18-14/h1-6H,(H,21,22,23)(H,24,25,26). The molecule has 28 heavy (non-hydrogen) atoms. The molecule has 0 amide bonds. The maximum atomic E-state index is 12.6. The van der Waals surface area contributed by atoms with Crippen LogP contribution in [0.15, 0.2) is 56.2 Å². The number of carbonyl (C=O) groups is 2. The Kier molecular flexibility index (Phi) is 3.74. The summed E-state index contributed by atoms with van der Waals surface area (Å²) in [7, 11) is -9.08. The second-order valence-electron chi connectivity index (χ2n) is 5.89. The Morgan fingerprint density at radius 1 is 0.643 bits per heavy atom. The molecule has 2 heterocycles. The molecule has 2 aromatic rings. The summed E-state index contributed by atoms with van der Waals surface area (Å²) in [4.78, 5) is 32.2. The number of aliphatic imine (C=N–C) groups is 2. The molecular weight excluding hydrogens is 412 g/mol. The summed E-state index contributed by atoms with van der Waals surface area (Å²) in [6.45, 7) is 0. The quantitative estimate of drug-likeness (QED) is 0.703. The molecule has 142 valence electrons. The first-order chi connectivity index (χ1) is 13.0. The molecule has 0 unspecified atom stereocenters. The number of nitrogens with zero attached hydrogens (tertiary/aromatic N) is 2. The Morgan fingerprint density at radius 3 is 1.32 bits per heavy atom. The van der Waals surface area contributed by atoms with E-state index in [0.717, 1.165) is 24.3 Å². The second kappa shape index (κ2) is 5.72. The minimum Gasteiger partial charge on any atom is -0.287 e. The Balaban J connectivity index is 1.75. The van der Waals surface area contributed by atoms with Crippen molar-refractivity contribution < 1.29 is 35.5 Å². The third kappa shape index (κ3) is 2.79. The highest BCUT2D eigenvalue weighted by Gasteiger charge is 2.37. The number of benzene rings is 2. The van der Waals surface area contributed by atoms with Gasteiger partial charge in [-0.1, -0.05) is 0 Å². The average molecular weight is 420 g/mol. The Hall–Kier alpha value is -3.06. The fourth-order valence-electron chi connectivity index (χ4n) is 2.83. The minimum absolute atomic E-state index is 0.0949. The molecule has 2 N–H and O–H groups in total. The van der Waals surface area contributed by atoms with Gasteiger partial charge in [0.2, 0.25) is 11.6 Å². The first kappa shape index (κ1) is 18.3. The molecule has 2 aromatic carbocycles. The summed E-state index contributed by atoms with van der Waals surface area (Å²) >= 11 is 0. The average Bonchev–Trinajstić information content (AvgIpc) is 3.10. The van der Waals surface area contributed by atoms with E-state index in [2.05, 4.69) is 9.98 Å². The van der Waals surface area contributed by atoms with E-state index in [1.807, 2.05) is 0 Å². The van der Waals surface area contributed by atoms with Gasteiger partial charge in [0.25, 0.3) is 20.2 Å². The Labute approximate surface area is 157 Å². The van der Waals surface area contributed by atoms with Gasteiger partial charge in [-0.05, 0) is 36.4 Å². The smallest absolute Gasteiger partial charge is 0.287 e. The van der Waals surface area contributed by atoms with Crippen LogP contribution in [0, 0.1) is 0 Å². The van der Waals surface area contributed by atoms with Gasteiger partial charge in [0, 0.05) is 0 Å². The molecule has 2 aliphatic heterocycles. The van der Waals surface area contributed by atoms with E-state index in [4.69, 9.17) is 9.11 Å². The highest BCUT2D eigenvalue weighted by molar-refractivity contribution is 7.86. The lowest BCUT2D eigenvalue weighted by atomic mass is 10.0. The van der Waals surface area contributed by atoms with Crippen molar-refractivity contribution in [1.29, 1.82) is 0 Å². The van der Waals surface area contributed by atoms with Gasteiger partial charge >= 0.3 is 0 Å². The lowest BCUT2D eigenvalue weighted by Gasteiger charge is -2.00. The molecule has 0 saturated carbocycles. The monoisotopic (exact) mass is 420 g/mol. The number of fused-ring (bicyclic) bond motifs is 2. The molecule has 0 spiro atoms. The molecule has 12 heteroatoms. The summed E-state index contributed by atoms with van der Waals surface area (Å²) < 4.78 is 63.2. The zero-order valence-electron chi connectivity index (χ0n) is 13.5. The van der Waals surface area contributed by atoms with Crippen molar-refractivity contribution in [3.63, 3.8) is 0 Å². The molecule has 0 radical (unpaired) electrons. The van der Waals surface area contributed by atoms with Gasteiger partial charge in [-0.3, -0.25) is 18.7 Å². The first-order valence-corrected chi connectivity index (χ1v) is 10.3. The fraction of sp³-hybridized carbons (Fsp3) is 0. The summed E-state index contributed by atoms with van der Waals surface area (Å²) in [6, 6.07) is 6.39. The molecular formula is C16H8N2O8S2. The van der Waals surface area contributed by atoms with E-state index < -0.39 is 41.6 Å². The van der Waals surface area contributed by atoms with Gasteiger partial charge in [0.05, 0.1) is 32.3 Å². The summed E-state index contributed by atoms with van der Waals surface area (Å²) in [5.41, 5.74) is -0.741. The van der Waals surface area contributed by atoms with E-state index in [9.17, 15) is 26.4 Å². The van der Waals surface area contributed by atoms with E-state index in [1.165, 1.54) is 12.1 Å². The van der Waals surface area contributed by atoms with E-state index in [-0.39, 0.29) is 33.9 Å². The van der Waals surface area contributed by atoms with E-state index >= 15 is 0 Å². The molecule has 0 fully saturated rings. The minimum atomic E-state index is -4.54. The Bertz CT molecular complexity index is 1280. The molecule has 4 rings (SSSR count). The number of ketones is 2. The highest BCUT2D eigenvalue weighted by Crippen LogP contribution is 2.34. The molecule has 0 aliphatic carbocycles. The van der Waals surface area contributed by atoms with Crippen LogP contribution in [0.1, 0.15) is 20.7 Å². The van der Waals surface area contributed by atoms with Crippen LogP contribution in [-0.4, -0.2) is 48.9 Å². The van der Waals surface area contributed by atoms with Crippen molar-refractivity contribution >= 4 is 54.6 Å². The van der Waals surface area contributed by atoms with Crippen LogP contribution in [0.4, 0.5) is 11.4 Å². The van der Waals surface area contributed by atoms with E-state index in [0.29, 0.717) is 0 Å². The molecule has 10 nitrogen and oxygen atoms in total. The first-order valence-electron chi connectivity index (χ1n) is 7.47. The van der Waals surface area contributed by atoms with Crippen LogP contribution in [0.2, 0.25) is 0 Å². The van der Waals surface area contributed by atoms with Crippen molar-refractivity contribution in [1.82, 2.24) is 0 Å². The largest absolute Gasteiger partial charge is 0.294 e. The van der Waals surface area contributed by atoms with E-state index in [1.54, 1.807) is 0 Å². The SMILES string of the molecule is O=C1C(C2=Nc3ccc(S(=O)(=O)O)cc3C2=O)=Nc2ccc(S(=O)(=O)O)cc21. The maximum absolute atomic E-state index is 12.6. The topological polar surface area (TPSA) is 168 Å². The zero-order valence-corrected chi connectivity index (χ0v) is 15.2. The van der Waals surface area contributed by atoms with Crippen molar-refractivity contribution in [2.45, 2.75) is 9.79 Å². The van der Waals surface area contributed by atoms with Crippen LogP contribution in [0.25, 0.3) is 0 Å². The molecule has 0 aromatic heterocycles. The van der Waals surface area contributed by atoms with Crippen molar-refractivity contribution in [3.05, 3.63) is 47.5 Å². The van der Waals surface area contributed by atoms with Crippen molar-refractivity contribution in [3.8, 4) is 0 Å². The van der Waals surface area contributed by atoms with Crippen LogP contribution < -0.4 is 0 Å². The predicted molar refractivity (Wildman–Crippen MR) is 95.4 cm³/mol. The fourth-order valence-corrected chi connectivity index (χ4v) is 3.84. The van der Waals surface area contributed by atoms with Gasteiger partial charge in [-0.15, -0.1) is 0 Å². The summed E-state index contributed by atoms with van der Waals surface area (Å²) in [5, 5.41) is 0. The predicted octanol–water partition coefficient (Wildman–Crippen LogP) is 1.42. The number of rotatable bonds is 3. The second-order valence-corrected chi connectivity index (χ2v) is 8.73. The van der Waals surface area contributed by atoms with Gasteiger partial charge in [-0.2, -0.15) is 16.8 Å². The van der Waals surface area contributed by atoms with Gasteiger partial charge in [0.15, 0.2) is 0 Å². The number of hydrogen-bond acceptors (Lipinski definition) is 8. The molecule has 0 saturated heterocycles. The summed E-state index contributed by atoms with van der Waals surface area (Å²) in [5.74, 6) is -1.54. The third-order valence-electron chi connectivity index (χ3n) is 4.14. The maximum Gasteiger partial charge on any atom is 0.294 e. The zero-order chi connectivity index (χ0) is 20.4. The van der Waals surface area contributed by atoms with Crippen LogP contribution in [0.5, 0.6) is 0 Å². The van der Waals surface area contributed by atoms with Gasteiger partial charge < -0.3 is 0 Å². The van der Waals surface area contributed by atoms with Gasteiger partial charge in [0.1, 0.15) is 11.4 Å². The number of Topliss-reactive ketones (excluding diaryl/α,β-unsaturated/α-hetero) is 2. The lowest BCUT2D eigenvalue weighted by Crippen LogP contribution is -2.26. The molecule has 0 bridgehead atoms. The van der Waals surface area contributed by atoms with Crippen molar-refractivity contribution in [2.24, 2.45) is 9.98 Å². The number of carbonyl (C=O) groups excluding carboxylic acids is 2. The highest BCUT2D eigenvalue weighted by atomic mass is 32.2. The lowest BCUT2D eigenvalue weighted by molar-refractivity contribution is 0.105. The van der Waals surface area contributed by atoms with Gasteiger partial charge in [-0.25, -0.2) is 9.98 Å². The van der Waals surface area contributed by atoms with Crippen LogP contribution >= 0.6 is 0 Å². The summed E-state index contributed by atoms with van der Waals surface area (Å²) in [6.07, 6.45) is 0.